The van der Waals surface area contributed by atoms with Crippen molar-refractivity contribution >= 4 is 36.0 Å². The third-order valence-electron chi connectivity index (χ3n) is 6.50. The third kappa shape index (κ3) is 5.37. The normalized spacial score (nSPS) is 30.1. The number of anilines is 1. The van der Waals surface area contributed by atoms with E-state index in [4.69, 9.17) is 35.1 Å². The van der Waals surface area contributed by atoms with Crippen molar-refractivity contribution in [1.29, 1.82) is 0 Å². The smallest absolute Gasteiger partial charge is 0.226 e. The van der Waals surface area contributed by atoms with Crippen LogP contribution in [0.5, 0.6) is 0 Å². The van der Waals surface area contributed by atoms with Gasteiger partial charge < -0.3 is 28.8 Å². The van der Waals surface area contributed by atoms with Crippen LogP contribution in [0, 0.1) is 0 Å². The van der Waals surface area contributed by atoms with Crippen LogP contribution < -0.4 is 5.32 Å². The first kappa shape index (κ1) is 25.3. The molecule has 13 heteroatoms. The summed E-state index contributed by atoms with van der Waals surface area (Å²) in [6.07, 6.45) is 4.43. The van der Waals surface area contributed by atoms with Crippen LogP contribution in [0.3, 0.4) is 0 Å². The van der Waals surface area contributed by atoms with Gasteiger partial charge in [0.1, 0.15) is 24.7 Å². The summed E-state index contributed by atoms with van der Waals surface area (Å²) in [4.78, 5) is 13.5. The lowest BCUT2D eigenvalue weighted by atomic mass is 10.1. The van der Waals surface area contributed by atoms with E-state index in [1.165, 1.54) is 12.8 Å². The number of aromatic nitrogens is 4. The molecule has 1 aliphatic carbocycles. The maximum Gasteiger partial charge on any atom is 0.226 e. The number of nitrogens with zero attached hydrogens (tertiary/aromatic N) is 4. The Hall–Kier alpha value is -1.33. The van der Waals surface area contributed by atoms with Gasteiger partial charge in [-0.3, -0.25) is 9.13 Å². The minimum Gasteiger partial charge on any atom is -0.369 e. The second-order valence-corrected chi connectivity index (χ2v) is 12.7. The quantitative estimate of drug-likeness (QED) is 0.374. The average molecular weight is 530 g/mol. The molecule has 2 aromatic heterocycles. The van der Waals surface area contributed by atoms with Gasteiger partial charge in [0.05, 0.1) is 19.5 Å². The summed E-state index contributed by atoms with van der Waals surface area (Å²) in [6.45, 7) is 7.64. The lowest BCUT2D eigenvalue weighted by Gasteiger charge is -2.25. The minimum atomic E-state index is -2.83. The molecule has 5 rings (SSSR count). The number of nitrogens with one attached hydrogen (secondary N) is 1. The summed E-state index contributed by atoms with van der Waals surface area (Å²) in [6, 6.07) is 0.349. The van der Waals surface area contributed by atoms with Gasteiger partial charge in [0.25, 0.3) is 0 Å². The number of rotatable bonds is 9. The highest BCUT2D eigenvalue weighted by Crippen LogP contribution is 2.45. The molecule has 0 bridgehead atoms. The first-order valence-corrected chi connectivity index (χ1v) is 14.8. The van der Waals surface area contributed by atoms with E-state index in [2.05, 4.69) is 20.3 Å². The van der Waals surface area contributed by atoms with E-state index in [0.717, 1.165) is 12.8 Å². The van der Waals surface area contributed by atoms with Crippen molar-refractivity contribution in [2.45, 2.75) is 82.8 Å². The Balaban J connectivity index is 1.39. The zero-order valence-electron chi connectivity index (χ0n) is 20.5. The molecule has 2 aromatic rings. The summed E-state index contributed by atoms with van der Waals surface area (Å²) in [5.74, 6) is -0.169. The van der Waals surface area contributed by atoms with Gasteiger partial charge in [-0.2, -0.15) is 9.97 Å². The highest BCUT2D eigenvalue weighted by Gasteiger charge is 2.56. The number of ether oxygens (including phenoxy) is 4. The summed E-state index contributed by atoms with van der Waals surface area (Å²) < 4.78 is 44.0. The van der Waals surface area contributed by atoms with Gasteiger partial charge in [0.2, 0.25) is 12.7 Å². The Labute approximate surface area is 209 Å². The zero-order chi connectivity index (χ0) is 24.8. The molecule has 1 saturated carbocycles. The molecular weight excluding hydrogens is 497 g/mol. The molecule has 0 radical (unpaired) electrons. The number of hydrogen-bond donors (Lipinski definition) is 1. The predicted octanol–water partition coefficient (Wildman–Crippen LogP) is 4.17. The Morgan fingerprint density at radius 1 is 1.26 bits per heavy atom. The van der Waals surface area contributed by atoms with E-state index in [9.17, 15) is 4.57 Å². The number of halogens is 1. The van der Waals surface area contributed by atoms with E-state index in [1.807, 2.05) is 18.4 Å². The molecule has 2 aliphatic heterocycles. The zero-order valence-corrected chi connectivity index (χ0v) is 22.1. The van der Waals surface area contributed by atoms with Crippen LogP contribution >= 0.6 is 19.0 Å². The molecule has 11 nitrogen and oxygen atoms in total. The first-order valence-electron chi connectivity index (χ1n) is 12.1. The monoisotopic (exact) mass is 529 g/mol. The Morgan fingerprint density at radius 2 is 2.00 bits per heavy atom. The molecule has 3 aliphatic rings. The van der Waals surface area contributed by atoms with Gasteiger partial charge in [-0.15, -0.1) is 0 Å². The average Bonchev–Trinajstić information content (AvgIpc) is 3.53. The molecule has 4 heterocycles. The van der Waals surface area contributed by atoms with Crippen LogP contribution in [0.2, 0.25) is 5.28 Å². The largest absolute Gasteiger partial charge is 0.369 e. The van der Waals surface area contributed by atoms with Crippen LogP contribution in [0.4, 0.5) is 5.82 Å². The van der Waals surface area contributed by atoms with Crippen LogP contribution in [0.15, 0.2) is 6.33 Å². The van der Waals surface area contributed by atoms with Crippen molar-refractivity contribution in [2.24, 2.45) is 0 Å². The third-order valence-corrected chi connectivity index (χ3v) is 8.12. The van der Waals surface area contributed by atoms with Gasteiger partial charge in [0.15, 0.2) is 29.0 Å². The summed E-state index contributed by atoms with van der Waals surface area (Å²) >= 11 is 6.31. The second-order valence-electron chi connectivity index (χ2n) is 9.85. The lowest BCUT2D eigenvalue weighted by molar-refractivity contribution is -0.201. The number of fused-ring (bicyclic) bond motifs is 2. The maximum absolute atomic E-state index is 12.4. The van der Waals surface area contributed by atoms with E-state index in [0.29, 0.717) is 29.6 Å². The Morgan fingerprint density at radius 3 is 2.74 bits per heavy atom. The minimum absolute atomic E-state index is 0.0000381. The molecule has 0 spiro atoms. The van der Waals surface area contributed by atoms with E-state index in [-0.39, 0.29) is 24.3 Å². The van der Waals surface area contributed by atoms with E-state index in [1.54, 1.807) is 19.9 Å². The SMILES string of the molecule is CCOP(C)(=O)COC[C@H]1O[C@@H](n2cnc3c(NC4CCCC4)nc(Cl)nc32)[C@@H]2OC(C)(C)O[C@@H]21. The molecule has 1 unspecified atom stereocenters. The van der Waals surface area contributed by atoms with Crippen molar-refractivity contribution in [3.05, 3.63) is 11.6 Å². The Kier molecular flexibility index (Phi) is 7.13. The van der Waals surface area contributed by atoms with Gasteiger partial charge in [0, 0.05) is 12.7 Å². The van der Waals surface area contributed by atoms with Crippen LogP contribution in [-0.2, 0) is 28.0 Å². The Bertz CT molecular complexity index is 1110. The van der Waals surface area contributed by atoms with E-state index < -0.39 is 31.6 Å². The molecule has 1 N–H and O–H groups in total. The van der Waals surface area contributed by atoms with E-state index >= 15 is 0 Å². The first-order chi connectivity index (χ1) is 16.7. The molecule has 3 fully saturated rings. The molecule has 2 saturated heterocycles. The highest BCUT2D eigenvalue weighted by atomic mass is 35.5. The fourth-order valence-corrected chi connectivity index (χ4v) is 6.32. The van der Waals surface area contributed by atoms with Gasteiger partial charge in [-0.05, 0) is 45.2 Å². The van der Waals surface area contributed by atoms with Crippen molar-refractivity contribution in [2.75, 3.05) is 31.5 Å². The molecular formula is C22H33ClN5O6P. The van der Waals surface area contributed by atoms with Crippen LogP contribution in [0.25, 0.3) is 11.2 Å². The molecule has 5 atom stereocenters. The van der Waals surface area contributed by atoms with Crippen molar-refractivity contribution in [3.63, 3.8) is 0 Å². The highest BCUT2D eigenvalue weighted by molar-refractivity contribution is 7.57. The number of imidazole rings is 1. The molecule has 0 amide bonds. The molecule has 35 heavy (non-hydrogen) atoms. The van der Waals surface area contributed by atoms with Crippen molar-refractivity contribution in [1.82, 2.24) is 19.5 Å². The molecule has 0 aromatic carbocycles. The lowest BCUT2D eigenvalue weighted by Crippen LogP contribution is -2.33. The van der Waals surface area contributed by atoms with Crippen LogP contribution in [0.1, 0.15) is 52.7 Å². The topological polar surface area (TPSA) is 119 Å². The van der Waals surface area contributed by atoms with Gasteiger partial charge >= 0.3 is 0 Å². The summed E-state index contributed by atoms with van der Waals surface area (Å²) in [5.41, 5.74) is 1.18. The molecule has 194 valence electrons. The van der Waals surface area contributed by atoms with Gasteiger partial charge in [-0.25, -0.2) is 4.98 Å². The standard InChI is InChI=1S/C22H33ClN5O6P/c1-5-31-35(4,29)12-30-10-14-16-17(34-22(2,3)33-16)20(32-14)28-11-24-15-18(25-13-8-6-7-9-13)26-21(23)27-19(15)28/h11,13-14,16-17,20H,5-10,12H2,1-4H3,(H,25,26,27)/t14-,16-,17-,20-,35?/m1/s1. The summed E-state index contributed by atoms with van der Waals surface area (Å²) in [7, 11) is -2.83. The second kappa shape index (κ2) is 9.85. The van der Waals surface area contributed by atoms with Crippen molar-refractivity contribution < 1.29 is 28.0 Å². The van der Waals surface area contributed by atoms with Crippen molar-refractivity contribution in [3.8, 4) is 0 Å². The fraction of sp³-hybridized carbons (Fsp3) is 0.773. The van der Waals surface area contributed by atoms with Gasteiger partial charge in [-0.1, -0.05) is 12.8 Å². The van der Waals surface area contributed by atoms with Crippen LogP contribution in [-0.4, -0.2) is 75.9 Å². The summed E-state index contributed by atoms with van der Waals surface area (Å²) in [5, 5.41) is 3.61. The maximum atomic E-state index is 12.4. The fourth-order valence-electron chi connectivity index (χ4n) is 5.10. The number of hydrogen-bond acceptors (Lipinski definition) is 10. The predicted molar refractivity (Wildman–Crippen MR) is 130 cm³/mol.